The van der Waals surface area contributed by atoms with E-state index in [2.05, 4.69) is 5.32 Å². The van der Waals surface area contributed by atoms with Gasteiger partial charge < -0.3 is 15.5 Å². The van der Waals surface area contributed by atoms with Gasteiger partial charge in [-0.2, -0.15) is 0 Å². The average molecular weight is 163 g/mol. The summed E-state index contributed by atoms with van der Waals surface area (Å²) in [4.78, 5) is 0. The van der Waals surface area contributed by atoms with E-state index in [0.29, 0.717) is 13.1 Å². The third kappa shape index (κ3) is 1.89. The monoisotopic (exact) mass is 163 g/mol. The molecule has 0 spiro atoms. The van der Waals surface area contributed by atoms with Crippen LogP contribution in [-0.2, 0) is 0 Å². The van der Waals surface area contributed by atoms with Crippen LogP contribution >= 0.6 is 0 Å². The van der Waals surface area contributed by atoms with Gasteiger partial charge in [0.15, 0.2) is 0 Å². The summed E-state index contributed by atoms with van der Waals surface area (Å²) in [5.41, 5.74) is 0. The van der Waals surface area contributed by atoms with Gasteiger partial charge in [-0.3, -0.25) is 0 Å². The molecule has 1 aliphatic heterocycles. The molecule has 11 heavy (non-hydrogen) atoms. The first-order chi connectivity index (χ1) is 5.13. The molecule has 3 N–H and O–H groups in total. The van der Waals surface area contributed by atoms with Crippen molar-refractivity contribution < 1.29 is 14.6 Å². The van der Waals surface area contributed by atoms with E-state index in [0.717, 1.165) is 0 Å². The van der Waals surface area contributed by atoms with Crippen LogP contribution in [0.5, 0.6) is 0 Å². The molecule has 3 nitrogen and oxygen atoms in total. The van der Waals surface area contributed by atoms with Crippen LogP contribution in [0.4, 0.5) is 4.39 Å². The molecule has 0 aliphatic carbocycles. The van der Waals surface area contributed by atoms with Gasteiger partial charge in [-0.25, -0.2) is 4.39 Å². The number of hydrogen-bond donors (Lipinski definition) is 3. The number of rotatable bonds is 1. The summed E-state index contributed by atoms with van der Waals surface area (Å²) < 4.78 is 12.7. The molecule has 0 aromatic rings. The molecule has 1 heterocycles. The van der Waals surface area contributed by atoms with Crippen molar-refractivity contribution in [3.05, 3.63) is 0 Å². The summed E-state index contributed by atoms with van der Waals surface area (Å²) in [5, 5.41) is 21.2. The third-order valence-corrected chi connectivity index (χ3v) is 2.16. The molecule has 66 valence electrons. The molecular formula is C7H14FNO2. The van der Waals surface area contributed by atoms with E-state index in [1.807, 2.05) is 0 Å². The van der Waals surface area contributed by atoms with Crippen LogP contribution in [-0.4, -0.2) is 41.7 Å². The lowest BCUT2D eigenvalue weighted by atomic mass is 9.91. The average Bonchev–Trinajstić information content (AvgIpc) is 1.94. The molecule has 3 unspecified atom stereocenters. The van der Waals surface area contributed by atoms with Crippen molar-refractivity contribution in [2.75, 3.05) is 13.1 Å². The number of hydrogen-bond acceptors (Lipinski definition) is 3. The number of aliphatic hydroxyl groups is 2. The second-order valence-electron chi connectivity index (χ2n) is 3.06. The largest absolute Gasteiger partial charge is 0.390 e. The Balaban J connectivity index is 2.51. The van der Waals surface area contributed by atoms with Crippen LogP contribution in [0.3, 0.4) is 0 Å². The minimum absolute atomic E-state index is 0.352. The highest BCUT2D eigenvalue weighted by Gasteiger charge is 2.33. The molecule has 1 fully saturated rings. The lowest BCUT2D eigenvalue weighted by Gasteiger charge is -2.33. The van der Waals surface area contributed by atoms with Gasteiger partial charge in [0.25, 0.3) is 0 Å². The first-order valence-corrected chi connectivity index (χ1v) is 3.84. The number of halogens is 1. The Morgan fingerprint density at radius 1 is 1.45 bits per heavy atom. The Kier molecular flexibility index (Phi) is 2.81. The summed E-state index contributed by atoms with van der Waals surface area (Å²) in [6.07, 6.45) is -2.82. The highest BCUT2D eigenvalue weighted by Crippen LogP contribution is 2.17. The van der Waals surface area contributed by atoms with E-state index in [1.54, 1.807) is 0 Å². The highest BCUT2D eigenvalue weighted by molar-refractivity contribution is 4.86. The molecule has 4 atom stereocenters. The van der Waals surface area contributed by atoms with Crippen LogP contribution in [0, 0.1) is 5.92 Å². The Bertz CT molecular complexity index is 132. The van der Waals surface area contributed by atoms with Crippen molar-refractivity contribution in [3.63, 3.8) is 0 Å². The van der Waals surface area contributed by atoms with Gasteiger partial charge in [0.1, 0.15) is 6.17 Å². The third-order valence-electron chi connectivity index (χ3n) is 2.16. The van der Waals surface area contributed by atoms with Crippen molar-refractivity contribution in [1.82, 2.24) is 5.32 Å². The molecule has 0 aromatic heterocycles. The molecule has 0 radical (unpaired) electrons. The van der Waals surface area contributed by atoms with Gasteiger partial charge in [-0.15, -0.1) is 0 Å². The molecule has 4 heteroatoms. The SMILES string of the molecule is CC(F)C1CNC[C@H](O)C1O. The number of nitrogens with one attached hydrogen (secondary N) is 1. The fourth-order valence-corrected chi connectivity index (χ4v) is 1.36. The van der Waals surface area contributed by atoms with Crippen LogP contribution in [0.2, 0.25) is 0 Å². The van der Waals surface area contributed by atoms with E-state index in [-0.39, 0.29) is 0 Å². The zero-order valence-electron chi connectivity index (χ0n) is 6.50. The van der Waals surface area contributed by atoms with Crippen LogP contribution < -0.4 is 5.32 Å². The molecule has 1 saturated heterocycles. The minimum Gasteiger partial charge on any atom is -0.390 e. The van der Waals surface area contributed by atoms with Gasteiger partial charge in [-0.1, -0.05) is 0 Å². The van der Waals surface area contributed by atoms with E-state index < -0.39 is 24.3 Å². The topological polar surface area (TPSA) is 52.5 Å². The Hall–Kier alpha value is -0.190. The predicted molar refractivity (Wildman–Crippen MR) is 38.9 cm³/mol. The van der Waals surface area contributed by atoms with Gasteiger partial charge >= 0.3 is 0 Å². The maximum Gasteiger partial charge on any atom is 0.104 e. The van der Waals surface area contributed by atoms with Crippen LogP contribution in [0.1, 0.15) is 6.92 Å². The zero-order valence-corrected chi connectivity index (χ0v) is 6.50. The van der Waals surface area contributed by atoms with Gasteiger partial charge in [-0.05, 0) is 6.92 Å². The quantitative estimate of drug-likeness (QED) is 0.478. The first-order valence-electron chi connectivity index (χ1n) is 3.84. The standard InChI is InChI=1S/C7H14FNO2/c1-4(8)5-2-9-3-6(10)7(5)11/h4-7,9-11H,2-3H2,1H3/t4?,5?,6-,7?/m0/s1. The van der Waals surface area contributed by atoms with Gasteiger partial charge in [0.05, 0.1) is 12.2 Å². The van der Waals surface area contributed by atoms with Gasteiger partial charge in [0.2, 0.25) is 0 Å². The summed E-state index contributed by atoms with van der Waals surface area (Å²) in [6, 6.07) is 0. The Labute approximate surface area is 65.2 Å². The van der Waals surface area contributed by atoms with Crippen molar-refractivity contribution in [2.24, 2.45) is 5.92 Å². The molecule has 0 amide bonds. The van der Waals surface area contributed by atoms with Crippen molar-refractivity contribution in [3.8, 4) is 0 Å². The second-order valence-corrected chi connectivity index (χ2v) is 3.06. The van der Waals surface area contributed by atoms with Crippen LogP contribution in [0.25, 0.3) is 0 Å². The van der Waals surface area contributed by atoms with Crippen molar-refractivity contribution in [1.29, 1.82) is 0 Å². The van der Waals surface area contributed by atoms with E-state index >= 15 is 0 Å². The predicted octanol–water partition coefficient (Wildman–Crippen LogP) is -0.714. The van der Waals surface area contributed by atoms with Crippen LogP contribution in [0.15, 0.2) is 0 Å². The lowest BCUT2D eigenvalue weighted by molar-refractivity contribution is -0.0543. The maximum absolute atomic E-state index is 12.7. The normalized spacial score (nSPS) is 42.0. The van der Waals surface area contributed by atoms with Crippen molar-refractivity contribution >= 4 is 0 Å². The first kappa shape index (κ1) is 8.90. The summed E-state index contributed by atoms with van der Waals surface area (Å²) >= 11 is 0. The summed E-state index contributed by atoms with van der Waals surface area (Å²) in [7, 11) is 0. The molecule has 0 aromatic carbocycles. The van der Waals surface area contributed by atoms with E-state index in [9.17, 15) is 9.50 Å². The Morgan fingerprint density at radius 2 is 2.09 bits per heavy atom. The summed E-state index contributed by atoms with van der Waals surface area (Å²) in [6.45, 7) is 2.19. The van der Waals surface area contributed by atoms with E-state index in [4.69, 9.17) is 5.11 Å². The Morgan fingerprint density at radius 3 is 2.55 bits per heavy atom. The molecule has 0 bridgehead atoms. The van der Waals surface area contributed by atoms with E-state index in [1.165, 1.54) is 6.92 Å². The second kappa shape index (κ2) is 3.47. The number of alkyl halides is 1. The molecule has 0 saturated carbocycles. The fourth-order valence-electron chi connectivity index (χ4n) is 1.36. The highest BCUT2D eigenvalue weighted by atomic mass is 19.1. The number of aliphatic hydroxyl groups excluding tert-OH is 2. The minimum atomic E-state index is -1.08. The fraction of sp³-hybridized carbons (Fsp3) is 1.00. The molecule has 1 rings (SSSR count). The molecule has 1 aliphatic rings. The number of piperidine rings is 1. The van der Waals surface area contributed by atoms with Crippen molar-refractivity contribution in [2.45, 2.75) is 25.3 Å². The maximum atomic E-state index is 12.7. The smallest absolute Gasteiger partial charge is 0.104 e. The van der Waals surface area contributed by atoms with Gasteiger partial charge in [0, 0.05) is 19.0 Å². The summed E-state index contributed by atoms with van der Waals surface area (Å²) in [5.74, 6) is -0.473. The lowest BCUT2D eigenvalue weighted by Crippen LogP contribution is -2.52. The number of β-amino-alcohol motifs (C(OH)–C–C–N with tert-alkyl or cyclic N) is 1. The molecular weight excluding hydrogens is 149 g/mol. The zero-order chi connectivity index (χ0) is 8.43.